The van der Waals surface area contributed by atoms with Crippen molar-refractivity contribution in [1.82, 2.24) is 0 Å². The van der Waals surface area contributed by atoms with Gasteiger partial charge in [0.05, 0.1) is 0 Å². The van der Waals surface area contributed by atoms with E-state index in [1.807, 2.05) is 0 Å². The van der Waals surface area contributed by atoms with E-state index >= 15 is 0 Å². The van der Waals surface area contributed by atoms with E-state index in [9.17, 15) is 14.4 Å². The predicted molar refractivity (Wildman–Crippen MR) is 353 cm³/mol. The maximum Gasteiger partial charge on any atom is 0.306 e. The lowest BCUT2D eigenvalue weighted by Crippen LogP contribution is -2.30. The molecule has 1 atom stereocenters. The van der Waals surface area contributed by atoms with Gasteiger partial charge in [-0.25, -0.2) is 0 Å². The molecule has 6 heteroatoms. The van der Waals surface area contributed by atoms with Crippen LogP contribution in [0.2, 0.25) is 0 Å². The average Bonchev–Trinajstić information content (AvgIpc) is 3.46. The highest BCUT2D eigenvalue weighted by atomic mass is 16.6. The molecule has 0 amide bonds. The van der Waals surface area contributed by atoms with Crippen LogP contribution >= 0.6 is 0 Å². The van der Waals surface area contributed by atoms with Crippen molar-refractivity contribution in [3.63, 3.8) is 0 Å². The summed E-state index contributed by atoms with van der Waals surface area (Å²) in [5.74, 6) is -0.915. The Labute approximate surface area is 501 Å². The molecule has 0 heterocycles. The van der Waals surface area contributed by atoms with Crippen molar-refractivity contribution >= 4 is 17.9 Å². The first kappa shape index (κ1) is 77.1. The maximum atomic E-state index is 12.9. The summed E-state index contributed by atoms with van der Waals surface area (Å²) < 4.78 is 16.9. The summed E-state index contributed by atoms with van der Waals surface area (Å²) in [6, 6.07) is 0. The number of hydrogen-bond donors (Lipinski definition) is 0. The first-order valence-electron chi connectivity index (χ1n) is 34.4. The molecular weight excluding hydrogens is 997 g/mol. The summed E-state index contributed by atoms with van der Waals surface area (Å²) in [4.78, 5) is 38.3. The van der Waals surface area contributed by atoms with Gasteiger partial charge in [0.1, 0.15) is 13.2 Å². The largest absolute Gasteiger partial charge is 0.462 e. The highest BCUT2D eigenvalue weighted by Crippen LogP contribution is 2.17. The molecule has 0 aromatic carbocycles. The van der Waals surface area contributed by atoms with Gasteiger partial charge in [0.25, 0.3) is 0 Å². The van der Waals surface area contributed by atoms with Gasteiger partial charge in [-0.1, -0.05) is 297 Å². The third-order valence-electron chi connectivity index (χ3n) is 14.7. The fourth-order valence-corrected chi connectivity index (χ4v) is 9.66. The monoisotopic (exact) mass is 1120 g/mol. The number of carbonyl (C=O) groups excluding carboxylic acids is 3. The molecule has 0 spiro atoms. The van der Waals surface area contributed by atoms with Crippen molar-refractivity contribution in [1.29, 1.82) is 0 Å². The molecule has 0 radical (unpaired) electrons. The molecule has 464 valence electrons. The Morgan fingerprint density at radius 1 is 0.259 bits per heavy atom. The average molecular weight is 1130 g/mol. The van der Waals surface area contributed by atoms with Gasteiger partial charge in [-0.3, -0.25) is 14.4 Å². The van der Waals surface area contributed by atoms with E-state index in [4.69, 9.17) is 14.2 Å². The molecule has 0 aliphatic heterocycles. The first-order chi connectivity index (χ1) is 40.0. The van der Waals surface area contributed by atoms with Gasteiger partial charge in [-0.05, 0) is 122 Å². The van der Waals surface area contributed by atoms with Crippen molar-refractivity contribution in [2.45, 2.75) is 335 Å². The van der Waals surface area contributed by atoms with Crippen LogP contribution in [0.3, 0.4) is 0 Å². The summed E-state index contributed by atoms with van der Waals surface area (Å²) in [5, 5.41) is 0. The smallest absolute Gasteiger partial charge is 0.306 e. The summed E-state index contributed by atoms with van der Waals surface area (Å²) in [6.07, 6.45) is 94.2. The van der Waals surface area contributed by atoms with Crippen molar-refractivity contribution in [3.8, 4) is 0 Å². The van der Waals surface area contributed by atoms with Gasteiger partial charge in [0.15, 0.2) is 6.10 Å². The van der Waals surface area contributed by atoms with E-state index in [1.165, 1.54) is 161 Å². The zero-order chi connectivity index (χ0) is 58.5. The minimum Gasteiger partial charge on any atom is -0.462 e. The first-order valence-corrected chi connectivity index (χ1v) is 34.4. The Morgan fingerprint density at radius 2 is 0.481 bits per heavy atom. The van der Waals surface area contributed by atoms with Crippen LogP contribution in [0.15, 0.2) is 109 Å². The summed E-state index contributed by atoms with van der Waals surface area (Å²) in [5.41, 5.74) is 0. The van der Waals surface area contributed by atoms with Crippen LogP contribution in [0, 0.1) is 0 Å². The Bertz CT molecular complexity index is 1620. The minimum atomic E-state index is -0.794. The molecule has 1 unspecified atom stereocenters. The van der Waals surface area contributed by atoms with E-state index in [0.29, 0.717) is 19.3 Å². The zero-order valence-corrected chi connectivity index (χ0v) is 53.3. The molecule has 0 aliphatic rings. The zero-order valence-electron chi connectivity index (χ0n) is 53.3. The lowest BCUT2D eigenvalue weighted by atomic mass is 10.0. The third-order valence-corrected chi connectivity index (χ3v) is 14.7. The topological polar surface area (TPSA) is 78.9 Å². The molecular formula is C75H128O6. The molecule has 0 rings (SSSR count). The van der Waals surface area contributed by atoms with Crippen LogP contribution in [0.1, 0.15) is 329 Å². The summed E-state index contributed by atoms with van der Waals surface area (Å²) in [6.45, 7) is 6.40. The van der Waals surface area contributed by atoms with Crippen molar-refractivity contribution in [3.05, 3.63) is 109 Å². The number of allylic oxidation sites excluding steroid dienone is 18. The van der Waals surface area contributed by atoms with Gasteiger partial charge in [0.2, 0.25) is 0 Å². The standard InChI is InChI=1S/C75H128O6/c1-4-7-10-13-16-19-22-25-27-28-29-30-31-32-33-34-35-36-37-38-39-40-41-42-43-44-45-46-48-50-53-56-59-62-65-68-74(77)80-71-72(70-79-73(76)67-64-61-58-55-52-49-24-21-18-15-12-9-6-3)81-75(78)69-66-63-60-57-54-51-47-26-23-20-17-14-11-8-5-2/h7,9-10,12,16,18-19,21,25-27,29-30,32-33,47,49,52,72H,4-6,8,11,13-15,17,20,22-24,28,31,34-46,48,50-51,53-71H2,1-3H3/b10-7-,12-9-,19-16-,21-18-,27-25-,30-29-,33-32-,47-26-,52-49-. The molecule has 0 aromatic heterocycles. The van der Waals surface area contributed by atoms with E-state index in [0.717, 1.165) is 128 Å². The van der Waals surface area contributed by atoms with Crippen molar-refractivity contribution < 1.29 is 28.6 Å². The van der Waals surface area contributed by atoms with Gasteiger partial charge in [-0.15, -0.1) is 0 Å². The van der Waals surface area contributed by atoms with Crippen molar-refractivity contribution in [2.24, 2.45) is 0 Å². The molecule has 0 N–H and O–H groups in total. The van der Waals surface area contributed by atoms with Crippen LogP contribution in [0.4, 0.5) is 0 Å². The van der Waals surface area contributed by atoms with Crippen molar-refractivity contribution in [2.75, 3.05) is 13.2 Å². The highest BCUT2D eigenvalue weighted by molar-refractivity contribution is 5.71. The van der Waals surface area contributed by atoms with E-state index in [2.05, 4.69) is 130 Å². The number of rotatable bonds is 62. The number of carbonyl (C=O) groups is 3. The molecule has 0 bridgehead atoms. The van der Waals surface area contributed by atoms with E-state index < -0.39 is 6.10 Å². The lowest BCUT2D eigenvalue weighted by molar-refractivity contribution is -0.167. The molecule has 6 nitrogen and oxygen atoms in total. The van der Waals surface area contributed by atoms with Crippen LogP contribution in [0.5, 0.6) is 0 Å². The highest BCUT2D eigenvalue weighted by Gasteiger charge is 2.19. The third kappa shape index (κ3) is 66.8. The number of esters is 3. The van der Waals surface area contributed by atoms with E-state index in [1.54, 1.807) is 0 Å². The number of ether oxygens (including phenoxy) is 3. The quantitative estimate of drug-likeness (QED) is 0.0261. The van der Waals surface area contributed by atoms with Gasteiger partial charge >= 0.3 is 17.9 Å². The van der Waals surface area contributed by atoms with Crippen LogP contribution < -0.4 is 0 Å². The summed E-state index contributed by atoms with van der Waals surface area (Å²) in [7, 11) is 0. The predicted octanol–water partition coefficient (Wildman–Crippen LogP) is 23.8. The normalized spacial score (nSPS) is 12.8. The second-order valence-electron chi connectivity index (χ2n) is 22.7. The Balaban J connectivity index is 4.13. The van der Waals surface area contributed by atoms with Crippen LogP contribution in [0.25, 0.3) is 0 Å². The van der Waals surface area contributed by atoms with Gasteiger partial charge < -0.3 is 14.2 Å². The fourth-order valence-electron chi connectivity index (χ4n) is 9.66. The fraction of sp³-hybridized carbons (Fsp3) is 0.720. The molecule has 81 heavy (non-hydrogen) atoms. The lowest BCUT2D eigenvalue weighted by Gasteiger charge is -2.18. The second kappa shape index (κ2) is 68.6. The van der Waals surface area contributed by atoms with Crippen LogP contribution in [-0.4, -0.2) is 37.2 Å². The van der Waals surface area contributed by atoms with Gasteiger partial charge in [-0.2, -0.15) is 0 Å². The molecule has 0 aromatic rings. The van der Waals surface area contributed by atoms with Crippen LogP contribution in [-0.2, 0) is 28.6 Å². The molecule has 0 saturated carbocycles. The number of unbranched alkanes of at least 4 members (excludes halogenated alkanes) is 33. The minimum absolute atomic E-state index is 0.0878. The Morgan fingerprint density at radius 3 is 0.778 bits per heavy atom. The van der Waals surface area contributed by atoms with Gasteiger partial charge in [0, 0.05) is 19.3 Å². The summed E-state index contributed by atoms with van der Waals surface area (Å²) >= 11 is 0. The molecule has 0 aliphatic carbocycles. The molecule has 0 fully saturated rings. The van der Waals surface area contributed by atoms with E-state index in [-0.39, 0.29) is 31.1 Å². The molecule has 0 saturated heterocycles. The SMILES string of the molecule is CC/C=C\C/C=C\C/C=C\C/C=C\C/C=C\CCCCCCCCCCCCCCCCCCCCCC(=O)OCC(COC(=O)CCCCC/C=C\C/C=C\C/C=C\CC)OC(=O)CCCCCCC/C=C\CCCCCCCC. The Hall–Kier alpha value is -3.93. The Kier molecular flexibility index (Phi) is 65.2. The number of hydrogen-bond acceptors (Lipinski definition) is 6. The second-order valence-corrected chi connectivity index (χ2v) is 22.7. The maximum absolute atomic E-state index is 12.9.